The Morgan fingerprint density at radius 3 is 2.10 bits per heavy atom. The first-order valence-electron chi connectivity index (χ1n) is 16.2. The first kappa shape index (κ1) is 41.1. The van der Waals surface area contributed by atoms with Gasteiger partial charge in [0.05, 0.1) is 11.3 Å². The number of alkyl halides is 3. The maximum absolute atomic E-state index is 14.9. The molecular formula is C38H39F6IrN2O2S-. The number of nitrogens with zero attached hydrogens (tertiary/aromatic N) is 2. The molecule has 0 unspecified atom stereocenters. The Labute approximate surface area is 305 Å². The fourth-order valence-corrected chi connectivity index (χ4v) is 6.74. The molecule has 0 fully saturated rings. The van der Waals surface area contributed by atoms with E-state index in [2.05, 4.69) is 16.0 Å². The standard InChI is InChI=1S/C25H15F6N2S.C13H24O2.Ir/c1-24(2,3)15-8-13(7-12-6-11-4-5-34-16(11)9-14(12)15)22-17-19(26)21(28)20(27)18(25(29,30)31)23(17)33-10-32-22;1-5-10(6-2)12(14)9-13(15)11(7-3)8-4;/h4-6,8-10H,1-3H3;9-11,14H,5-8H2,1-4H3;/q-1;;/b;12-9-;. The van der Waals surface area contributed by atoms with Crippen molar-refractivity contribution in [3.63, 3.8) is 0 Å². The molecule has 12 heteroatoms. The molecule has 2 aromatic heterocycles. The molecule has 5 rings (SSSR count). The third-order valence-electron chi connectivity index (χ3n) is 8.78. The van der Waals surface area contributed by atoms with Crippen LogP contribution in [0.15, 0.2) is 47.8 Å². The predicted octanol–water partition coefficient (Wildman–Crippen LogP) is 12.1. The summed E-state index contributed by atoms with van der Waals surface area (Å²) in [5.74, 6) is -5.80. The molecule has 1 N–H and O–H groups in total. The quantitative estimate of drug-likeness (QED) is 0.0554. The van der Waals surface area contributed by atoms with Crippen LogP contribution < -0.4 is 0 Å². The Bertz CT molecular complexity index is 2030. The molecule has 3 aromatic carbocycles. The average molecular weight is 894 g/mol. The molecule has 0 saturated carbocycles. The summed E-state index contributed by atoms with van der Waals surface area (Å²) in [4.78, 5) is 19.2. The zero-order chi connectivity index (χ0) is 36.4. The molecule has 0 aliphatic rings. The summed E-state index contributed by atoms with van der Waals surface area (Å²) in [7, 11) is 0. The van der Waals surface area contributed by atoms with Gasteiger partial charge in [-0.05, 0) is 41.9 Å². The fourth-order valence-electron chi connectivity index (χ4n) is 5.93. The molecule has 1 radical (unpaired) electrons. The maximum atomic E-state index is 14.9. The van der Waals surface area contributed by atoms with E-state index in [9.17, 15) is 36.2 Å². The minimum atomic E-state index is -5.29. The van der Waals surface area contributed by atoms with Gasteiger partial charge in [0.25, 0.3) is 0 Å². The molecule has 0 aliphatic carbocycles. The number of hydrogen-bond donors (Lipinski definition) is 1. The Morgan fingerprint density at radius 1 is 0.920 bits per heavy atom. The van der Waals surface area contributed by atoms with Crippen LogP contribution in [0.25, 0.3) is 43.0 Å². The van der Waals surface area contributed by atoms with E-state index < -0.39 is 45.5 Å². The molecule has 0 saturated heterocycles. The number of fused-ring (bicyclic) bond motifs is 3. The molecule has 0 bridgehead atoms. The van der Waals surface area contributed by atoms with Crippen molar-refractivity contribution < 1.29 is 56.3 Å². The van der Waals surface area contributed by atoms with Crippen LogP contribution in [0.5, 0.6) is 0 Å². The summed E-state index contributed by atoms with van der Waals surface area (Å²) in [5.41, 5.74) is -2.77. The molecule has 0 aliphatic heterocycles. The second kappa shape index (κ2) is 16.3. The summed E-state index contributed by atoms with van der Waals surface area (Å²) in [6, 6.07) is 10.6. The summed E-state index contributed by atoms with van der Waals surface area (Å²) >= 11 is 1.56. The summed E-state index contributed by atoms with van der Waals surface area (Å²) in [6.45, 7) is 13.9. The number of carbonyl (C=O) groups excluding carboxylic acids is 1. The number of aliphatic hydroxyl groups excluding tert-OH is 1. The summed E-state index contributed by atoms with van der Waals surface area (Å²) in [5, 5.41) is 13.3. The maximum Gasteiger partial charge on any atom is 0.421 e. The van der Waals surface area contributed by atoms with Crippen LogP contribution in [0.2, 0.25) is 0 Å². The number of rotatable bonds is 8. The van der Waals surface area contributed by atoms with Crippen molar-refractivity contribution in [3.8, 4) is 11.3 Å². The van der Waals surface area contributed by atoms with Gasteiger partial charge in [0.1, 0.15) is 11.9 Å². The predicted molar refractivity (Wildman–Crippen MR) is 184 cm³/mol. The van der Waals surface area contributed by atoms with Crippen LogP contribution in [-0.2, 0) is 36.5 Å². The molecule has 5 aromatic rings. The number of ketones is 1. The topological polar surface area (TPSA) is 63.1 Å². The van der Waals surface area contributed by atoms with E-state index in [0.29, 0.717) is 5.39 Å². The Morgan fingerprint density at radius 2 is 1.54 bits per heavy atom. The van der Waals surface area contributed by atoms with Gasteiger partial charge in [0, 0.05) is 53.8 Å². The fraction of sp³-hybridized carbons (Fsp3) is 0.395. The smallest absolute Gasteiger partial charge is 0.421 e. The van der Waals surface area contributed by atoms with Gasteiger partial charge in [0.15, 0.2) is 23.2 Å². The van der Waals surface area contributed by atoms with Crippen LogP contribution in [0.1, 0.15) is 85.3 Å². The van der Waals surface area contributed by atoms with Crippen molar-refractivity contribution in [1.82, 2.24) is 9.97 Å². The number of carbonyl (C=O) groups is 1. The number of halogens is 6. The van der Waals surface area contributed by atoms with Gasteiger partial charge in [-0.2, -0.15) is 13.2 Å². The SMILES string of the molecule is CC(C)(C)c1cc(-c2ncnc3c(C(F)(F)F)c(F)c(F)c(F)c23)[c-]c2cc3ccsc3cc12.CCC(CC)C(=O)/C=C(\O)C(CC)CC.[Ir]. The minimum Gasteiger partial charge on any atom is -0.512 e. The molecule has 50 heavy (non-hydrogen) atoms. The molecule has 4 nitrogen and oxygen atoms in total. The van der Waals surface area contributed by atoms with Crippen molar-refractivity contribution in [2.24, 2.45) is 11.8 Å². The van der Waals surface area contributed by atoms with Crippen LogP contribution in [0, 0.1) is 35.4 Å². The van der Waals surface area contributed by atoms with Crippen LogP contribution in [0.4, 0.5) is 26.3 Å². The molecular weight excluding hydrogens is 855 g/mol. The first-order chi connectivity index (χ1) is 23.0. The molecule has 0 atom stereocenters. The zero-order valence-electron chi connectivity index (χ0n) is 28.8. The summed E-state index contributed by atoms with van der Waals surface area (Å²) < 4.78 is 85.1. The Hall–Kier alpha value is -3.34. The van der Waals surface area contributed by atoms with Gasteiger partial charge in [-0.1, -0.05) is 71.5 Å². The monoisotopic (exact) mass is 894 g/mol. The first-order valence-corrected chi connectivity index (χ1v) is 17.1. The van der Waals surface area contributed by atoms with Gasteiger partial charge in [-0.25, -0.2) is 18.2 Å². The second-order valence-corrected chi connectivity index (χ2v) is 13.9. The van der Waals surface area contributed by atoms with E-state index in [1.165, 1.54) is 6.08 Å². The normalized spacial score (nSPS) is 12.5. The minimum absolute atomic E-state index is 0. The van der Waals surface area contributed by atoms with E-state index in [4.69, 9.17) is 0 Å². The van der Waals surface area contributed by atoms with Crippen LogP contribution in [0.3, 0.4) is 0 Å². The van der Waals surface area contributed by atoms with Crippen LogP contribution in [-0.4, -0.2) is 20.9 Å². The van der Waals surface area contributed by atoms with E-state index in [1.807, 2.05) is 72.0 Å². The number of aromatic nitrogens is 2. The number of aliphatic hydroxyl groups is 1. The van der Waals surface area contributed by atoms with E-state index in [0.717, 1.165) is 53.0 Å². The van der Waals surface area contributed by atoms with Crippen molar-refractivity contribution in [2.75, 3.05) is 0 Å². The van der Waals surface area contributed by atoms with Gasteiger partial charge in [0.2, 0.25) is 0 Å². The van der Waals surface area contributed by atoms with Gasteiger partial charge in [-0.3, -0.25) is 9.78 Å². The van der Waals surface area contributed by atoms with Crippen molar-refractivity contribution in [1.29, 1.82) is 0 Å². The third-order valence-corrected chi connectivity index (χ3v) is 9.66. The average Bonchev–Trinajstić information content (AvgIpc) is 3.49. The summed E-state index contributed by atoms with van der Waals surface area (Å²) in [6.07, 6.45) is 0.390. The third kappa shape index (κ3) is 8.40. The second-order valence-electron chi connectivity index (χ2n) is 13.0. The van der Waals surface area contributed by atoms with Crippen molar-refractivity contribution in [2.45, 2.75) is 85.7 Å². The molecule has 0 amide bonds. The van der Waals surface area contributed by atoms with Gasteiger partial charge >= 0.3 is 6.18 Å². The van der Waals surface area contributed by atoms with Crippen LogP contribution >= 0.6 is 11.3 Å². The van der Waals surface area contributed by atoms with Gasteiger partial charge in [-0.15, -0.1) is 40.5 Å². The number of allylic oxidation sites excluding steroid dienone is 2. The zero-order valence-corrected chi connectivity index (χ0v) is 32.0. The molecule has 2 heterocycles. The van der Waals surface area contributed by atoms with Crippen molar-refractivity contribution >= 4 is 48.9 Å². The largest absolute Gasteiger partial charge is 0.512 e. The Balaban J connectivity index is 0.000000361. The number of benzene rings is 3. The van der Waals surface area contributed by atoms with E-state index >= 15 is 0 Å². The Kier molecular flexibility index (Phi) is 13.4. The molecule has 0 spiro atoms. The van der Waals surface area contributed by atoms with Gasteiger partial charge < -0.3 is 5.11 Å². The number of hydrogen-bond acceptors (Lipinski definition) is 5. The van der Waals surface area contributed by atoms with E-state index in [1.54, 1.807) is 17.4 Å². The number of thiophene rings is 1. The van der Waals surface area contributed by atoms with E-state index in [-0.39, 0.29) is 54.7 Å². The molecule has 271 valence electrons. The van der Waals surface area contributed by atoms with Crippen molar-refractivity contribution in [3.05, 3.63) is 82.5 Å².